The molecule has 0 aliphatic rings. The average Bonchev–Trinajstić information content (AvgIpc) is 2.04. The number of halogens is 2. The van der Waals surface area contributed by atoms with Crippen LogP contribution in [0.25, 0.3) is 0 Å². The summed E-state index contributed by atoms with van der Waals surface area (Å²) in [6.07, 6.45) is 0. The molecule has 0 aliphatic heterocycles. The number of hydrogen-bond donors (Lipinski definition) is 0. The van der Waals surface area contributed by atoms with E-state index in [9.17, 15) is 12.3 Å². The molecule has 0 aliphatic carbocycles. The van der Waals surface area contributed by atoms with Crippen molar-refractivity contribution in [2.24, 2.45) is 0 Å². The molecular weight excluding hydrogens is 390 g/mol. The van der Waals surface area contributed by atoms with Crippen LogP contribution in [0.3, 0.4) is 0 Å². The van der Waals surface area contributed by atoms with Gasteiger partial charge >= 0.3 is 39.6 Å². The first-order valence-electron chi connectivity index (χ1n) is 2.82. The zero-order chi connectivity index (χ0) is 9.14. The quantitative estimate of drug-likeness (QED) is 0.723. The summed E-state index contributed by atoms with van der Waals surface area (Å²) < 4.78 is 42.3. The molecule has 0 bridgehead atoms. The van der Waals surface area contributed by atoms with E-state index in [0.717, 1.165) is 0 Å². The highest BCUT2D eigenvalue weighted by Crippen LogP contribution is 2.23. The van der Waals surface area contributed by atoms with Gasteiger partial charge in [0.15, 0.2) is 0 Å². The second-order valence-electron chi connectivity index (χ2n) is 1.87. The minimum Gasteiger partial charge on any atom is -0.230 e. The van der Waals surface area contributed by atoms with Crippen molar-refractivity contribution in [3.05, 3.63) is 31.4 Å². The molecule has 0 saturated carbocycles. The topological polar surface area (TPSA) is 68.3 Å². The lowest BCUT2D eigenvalue weighted by Crippen LogP contribution is -1.75. The first-order chi connectivity index (χ1) is 5.61. The fraction of sp³-hybridized carbons (Fsp3) is 0. The summed E-state index contributed by atoms with van der Waals surface area (Å²) in [4.78, 5) is 0. The predicted octanol–water partition coefficient (Wildman–Crippen LogP) is 2.42. The molecule has 0 heterocycles. The Morgan fingerprint density at radius 2 is 1.25 bits per heavy atom. The smallest absolute Gasteiger partial charge is 0.230 e. The Morgan fingerprint density at radius 3 is 1.58 bits per heavy atom. The Morgan fingerprint density at radius 1 is 0.833 bits per heavy atom. The minimum absolute atomic E-state index is 0.130. The van der Waals surface area contributed by atoms with Gasteiger partial charge in [0, 0.05) is 0 Å². The Hall–Kier alpha value is -0.120. The van der Waals surface area contributed by atoms with Gasteiger partial charge in [-0.1, -0.05) is 6.07 Å². The highest BCUT2D eigenvalue weighted by molar-refractivity contribution is 14.2. The van der Waals surface area contributed by atoms with Crippen molar-refractivity contribution in [1.82, 2.24) is 0 Å². The van der Waals surface area contributed by atoms with E-state index in [1.807, 2.05) is 0 Å². The van der Waals surface area contributed by atoms with Crippen LogP contribution >= 0.6 is 39.6 Å². The van der Waals surface area contributed by atoms with Gasteiger partial charge in [0.25, 0.3) is 0 Å². The first kappa shape index (κ1) is 9.96. The molecule has 0 spiro atoms. The fourth-order valence-corrected chi connectivity index (χ4v) is 3.43. The summed E-state index contributed by atoms with van der Waals surface area (Å²) in [5.41, 5.74) is 0. The lowest BCUT2D eigenvalue weighted by atomic mass is 10.4. The maximum Gasteiger partial charge on any atom is 0.340 e. The van der Waals surface area contributed by atoms with E-state index in [1.54, 1.807) is 0 Å². The Bertz CT molecular complexity index is 378. The van der Waals surface area contributed by atoms with E-state index < -0.39 is 39.6 Å². The molecule has 1 aromatic rings. The molecule has 1 aromatic carbocycles. The van der Waals surface area contributed by atoms with E-state index in [-0.39, 0.29) is 7.14 Å². The second-order valence-corrected chi connectivity index (χ2v) is 6.85. The van der Waals surface area contributed by atoms with Crippen LogP contribution in [-0.4, -0.2) is 0 Å². The normalized spacial score (nSPS) is 10.8. The van der Waals surface area contributed by atoms with Gasteiger partial charge in [-0.2, -0.15) is 0 Å². The van der Waals surface area contributed by atoms with E-state index in [2.05, 4.69) is 0 Å². The van der Waals surface area contributed by atoms with Gasteiger partial charge in [0.05, 0.1) is 7.14 Å². The van der Waals surface area contributed by atoms with Crippen molar-refractivity contribution in [1.29, 1.82) is 0 Å². The molecular formula is C6H4I2O4. The summed E-state index contributed by atoms with van der Waals surface area (Å²) in [6, 6.07) is 5.43. The van der Waals surface area contributed by atoms with Gasteiger partial charge in [-0.25, -0.2) is 12.3 Å². The predicted molar refractivity (Wildman–Crippen MR) is 54.6 cm³/mol. The van der Waals surface area contributed by atoms with Crippen LogP contribution in [0.2, 0.25) is 0 Å². The van der Waals surface area contributed by atoms with E-state index in [4.69, 9.17) is 0 Å². The molecule has 4 nitrogen and oxygen atoms in total. The third-order valence-corrected chi connectivity index (χ3v) is 4.52. The zero-order valence-electron chi connectivity index (χ0n) is 5.70. The summed E-state index contributed by atoms with van der Waals surface area (Å²) in [5.74, 6) is 0. The van der Waals surface area contributed by atoms with Crippen molar-refractivity contribution >= 4 is 39.6 Å². The van der Waals surface area contributed by atoms with Crippen LogP contribution in [0.5, 0.6) is 0 Å². The minimum atomic E-state index is -3.51. The van der Waals surface area contributed by atoms with Gasteiger partial charge in [-0.05, 0) is 18.2 Å². The van der Waals surface area contributed by atoms with Crippen molar-refractivity contribution in [2.45, 2.75) is 0 Å². The van der Waals surface area contributed by atoms with Crippen LogP contribution in [-0.2, 0) is 12.3 Å². The number of rotatable bonds is 2. The van der Waals surface area contributed by atoms with Gasteiger partial charge in [-0.3, -0.25) is 0 Å². The number of benzene rings is 1. The molecule has 6 heteroatoms. The van der Waals surface area contributed by atoms with Crippen LogP contribution in [0, 0.1) is 7.14 Å². The standard InChI is InChI=1S/C6H4I2O4/c9-7(10)5-2-1-3-6(4-5)8(11)12/h1-4H. The molecule has 0 amide bonds. The lowest BCUT2D eigenvalue weighted by molar-refractivity contribution is 0.609. The summed E-state index contributed by atoms with van der Waals surface area (Å²) in [7, 11) is 0. The first-order valence-corrected chi connectivity index (χ1v) is 8.50. The van der Waals surface area contributed by atoms with Crippen LogP contribution in [0.4, 0.5) is 0 Å². The SMILES string of the molecule is O=I(=O)c1cccc(I(=O)=O)c1. The highest BCUT2D eigenvalue weighted by atomic mass is 127. The maximum atomic E-state index is 10.5. The zero-order valence-corrected chi connectivity index (χ0v) is 10.0. The van der Waals surface area contributed by atoms with Gasteiger partial charge < -0.3 is 0 Å². The van der Waals surface area contributed by atoms with Crippen molar-refractivity contribution in [3.63, 3.8) is 0 Å². The van der Waals surface area contributed by atoms with E-state index in [0.29, 0.717) is 0 Å². The van der Waals surface area contributed by atoms with Crippen molar-refractivity contribution in [3.8, 4) is 0 Å². The molecule has 1 rings (SSSR count). The van der Waals surface area contributed by atoms with Gasteiger partial charge in [0.1, 0.15) is 0 Å². The third-order valence-electron chi connectivity index (χ3n) is 1.14. The third kappa shape index (κ3) is 2.44. The molecule has 0 saturated heterocycles. The highest BCUT2D eigenvalue weighted by Gasteiger charge is 2.02. The Balaban J connectivity index is 3.30. The Labute approximate surface area is 82.7 Å². The molecule has 0 fully saturated rings. The molecule has 0 N–H and O–H groups in total. The fourth-order valence-electron chi connectivity index (χ4n) is 0.652. The summed E-state index contributed by atoms with van der Waals surface area (Å²) in [6.45, 7) is 0. The van der Waals surface area contributed by atoms with Crippen molar-refractivity contribution < 1.29 is 12.3 Å². The molecule has 0 unspecified atom stereocenters. The second kappa shape index (κ2) is 4.21. The van der Waals surface area contributed by atoms with Crippen LogP contribution < -0.4 is 0 Å². The number of hydrogen-bond acceptors (Lipinski definition) is 4. The van der Waals surface area contributed by atoms with Crippen molar-refractivity contribution in [2.75, 3.05) is 0 Å². The van der Waals surface area contributed by atoms with Gasteiger partial charge in [-0.15, -0.1) is 0 Å². The van der Waals surface area contributed by atoms with E-state index >= 15 is 0 Å². The largest absolute Gasteiger partial charge is 0.340 e. The monoisotopic (exact) mass is 394 g/mol. The summed E-state index contributed by atoms with van der Waals surface area (Å²) in [5, 5.41) is 0. The van der Waals surface area contributed by atoms with E-state index in [1.165, 1.54) is 24.3 Å². The van der Waals surface area contributed by atoms with Crippen LogP contribution in [0.15, 0.2) is 24.3 Å². The van der Waals surface area contributed by atoms with Gasteiger partial charge in [0.2, 0.25) is 0 Å². The molecule has 0 atom stereocenters. The molecule has 12 heavy (non-hydrogen) atoms. The Kier molecular flexibility index (Phi) is 3.50. The average molecular weight is 394 g/mol. The molecule has 0 radical (unpaired) electrons. The van der Waals surface area contributed by atoms with Crippen LogP contribution in [0.1, 0.15) is 0 Å². The molecule has 66 valence electrons. The molecule has 0 aromatic heterocycles. The summed E-state index contributed by atoms with van der Waals surface area (Å²) >= 11 is -7.02. The lowest BCUT2D eigenvalue weighted by Gasteiger charge is -1.87. The maximum absolute atomic E-state index is 10.5.